The molecule has 1 aromatic rings. The first-order chi connectivity index (χ1) is 7.19. The molecule has 0 spiro atoms. The Morgan fingerprint density at radius 1 is 1.33 bits per heavy atom. The minimum atomic E-state index is -0.597. The molecule has 1 aliphatic carbocycles. The summed E-state index contributed by atoms with van der Waals surface area (Å²) in [6.07, 6.45) is 0.0245. The molecule has 0 heterocycles. The van der Waals surface area contributed by atoms with Crippen molar-refractivity contribution in [2.45, 2.75) is 18.6 Å². The molecule has 0 saturated heterocycles. The summed E-state index contributed by atoms with van der Waals surface area (Å²) in [5.74, 6) is 1.36. The average molecular weight is 209 g/mol. The average Bonchev–Trinajstić information content (AvgIpc) is 2.54. The van der Waals surface area contributed by atoms with E-state index >= 15 is 0 Å². The van der Waals surface area contributed by atoms with Crippen LogP contribution in [0.4, 0.5) is 0 Å². The first-order valence-electron chi connectivity index (χ1n) is 4.86. The summed E-state index contributed by atoms with van der Waals surface area (Å²) in [7, 11) is 3.18. The fourth-order valence-electron chi connectivity index (χ4n) is 2.07. The predicted molar refractivity (Wildman–Crippen MR) is 56.2 cm³/mol. The summed E-state index contributed by atoms with van der Waals surface area (Å²) in [5, 5.41) is 9.81. The number of hydrogen-bond acceptors (Lipinski definition) is 4. The smallest absolute Gasteiger partial charge is 0.164 e. The molecule has 0 amide bonds. The van der Waals surface area contributed by atoms with Crippen LogP contribution >= 0.6 is 0 Å². The lowest BCUT2D eigenvalue weighted by Crippen LogP contribution is -2.24. The number of fused-ring (bicyclic) bond motifs is 1. The molecule has 4 heteroatoms. The number of hydrogen-bond donors (Lipinski definition) is 2. The molecule has 0 radical (unpaired) electrons. The van der Waals surface area contributed by atoms with Gasteiger partial charge >= 0.3 is 0 Å². The van der Waals surface area contributed by atoms with E-state index in [0.29, 0.717) is 17.9 Å². The zero-order valence-corrected chi connectivity index (χ0v) is 8.86. The van der Waals surface area contributed by atoms with Gasteiger partial charge in [0.1, 0.15) is 0 Å². The van der Waals surface area contributed by atoms with Gasteiger partial charge in [-0.25, -0.2) is 0 Å². The Morgan fingerprint density at radius 2 is 2.07 bits per heavy atom. The lowest BCUT2D eigenvalue weighted by molar-refractivity contribution is 0.159. The number of nitrogens with two attached hydrogens (primary N) is 1. The van der Waals surface area contributed by atoms with Gasteiger partial charge in [-0.15, -0.1) is 0 Å². The monoisotopic (exact) mass is 209 g/mol. The standard InChI is InChI=1S/C11H15NO3/c1-14-9-4-3-6-7(11(9)15-2)5-8(12)10(6)13/h3-4,8,10,13H,5,12H2,1-2H3/t8-,10+/m1/s1. The minimum Gasteiger partial charge on any atom is -0.493 e. The summed E-state index contributed by atoms with van der Waals surface area (Å²) >= 11 is 0. The van der Waals surface area contributed by atoms with Crippen molar-refractivity contribution in [2.24, 2.45) is 5.73 Å². The molecule has 0 unspecified atom stereocenters. The highest BCUT2D eigenvalue weighted by Crippen LogP contribution is 2.41. The van der Waals surface area contributed by atoms with Crippen LogP contribution < -0.4 is 15.2 Å². The first kappa shape index (κ1) is 10.3. The van der Waals surface area contributed by atoms with Crippen molar-refractivity contribution in [3.63, 3.8) is 0 Å². The highest BCUT2D eigenvalue weighted by atomic mass is 16.5. The maximum atomic E-state index is 9.81. The number of aliphatic hydroxyl groups excluding tert-OH is 1. The van der Waals surface area contributed by atoms with Crippen molar-refractivity contribution in [1.82, 2.24) is 0 Å². The zero-order chi connectivity index (χ0) is 11.0. The highest BCUT2D eigenvalue weighted by Gasteiger charge is 2.31. The molecule has 2 atom stereocenters. The van der Waals surface area contributed by atoms with E-state index in [9.17, 15) is 5.11 Å². The van der Waals surface area contributed by atoms with Crippen LogP contribution in [-0.2, 0) is 6.42 Å². The Morgan fingerprint density at radius 3 is 2.67 bits per heavy atom. The van der Waals surface area contributed by atoms with Crippen LogP contribution in [0.1, 0.15) is 17.2 Å². The van der Waals surface area contributed by atoms with Gasteiger partial charge in [0.15, 0.2) is 11.5 Å². The van der Waals surface area contributed by atoms with Crippen molar-refractivity contribution in [2.75, 3.05) is 14.2 Å². The summed E-state index contributed by atoms with van der Waals surface area (Å²) in [5.41, 5.74) is 7.60. The minimum absolute atomic E-state index is 0.249. The molecule has 0 fully saturated rings. The van der Waals surface area contributed by atoms with Crippen molar-refractivity contribution < 1.29 is 14.6 Å². The van der Waals surface area contributed by atoms with Crippen molar-refractivity contribution in [3.8, 4) is 11.5 Å². The van der Waals surface area contributed by atoms with Crippen LogP contribution in [0.2, 0.25) is 0 Å². The molecular formula is C11H15NO3. The Bertz CT molecular complexity index is 378. The lowest BCUT2D eigenvalue weighted by Gasteiger charge is -2.12. The van der Waals surface area contributed by atoms with E-state index in [2.05, 4.69) is 0 Å². The zero-order valence-electron chi connectivity index (χ0n) is 8.86. The highest BCUT2D eigenvalue weighted by molar-refractivity contribution is 5.54. The topological polar surface area (TPSA) is 64.7 Å². The van der Waals surface area contributed by atoms with Gasteiger partial charge in [0.2, 0.25) is 0 Å². The summed E-state index contributed by atoms with van der Waals surface area (Å²) < 4.78 is 10.5. The van der Waals surface area contributed by atoms with E-state index in [1.54, 1.807) is 20.3 Å². The van der Waals surface area contributed by atoms with Gasteiger partial charge in [-0.3, -0.25) is 0 Å². The normalized spacial score (nSPS) is 23.7. The van der Waals surface area contributed by atoms with E-state index in [0.717, 1.165) is 11.1 Å². The molecule has 0 aromatic heterocycles. The molecular weight excluding hydrogens is 194 g/mol. The van der Waals surface area contributed by atoms with Crippen LogP contribution in [-0.4, -0.2) is 25.4 Å². The number of methoxy groups -OCH3 is 2. The van der Waals surface area contributed by atoms with E-state index in [-0.39, 0.29) is 6.04 Å². The fourth-order valence-corrected chi connectivity index (χ4v) is 2.07. The van der Waals surface area contributed by atoms with Gasteiger partial charge < -0.3 is 20.3 Å². The maximum absolute atomic E-state index is 9.81. The molecule has 4 nitrogen and oxygen atoms in total. The third-order valence-corrected chi connectivity index (χ3v) is 2.85. The van der Waals surface area contributed by atoms with Crippen LogP contribution in [0.15, 0.2) is 12.1 Å². The van der Waals surface area contributed by atoms with Gasteiger partial charge in [0.05, 0.1) is 20.3 Å². The predicted octanol–water partition coefficient (Wildman–Crippen LogP) is 0.621. The maximum Gasteiger partial charge on any atom is 0.164 e. The Hall–Kier alpha value is -1.26. The van der Waals surface area contributed by atoms with E-state index < -0.39 is 6.10 Å². The van der Waals surface area contributed by atoms with Gasteiger partial charge in [-0.2, -0.15) is 0 Å². The fraction of sp³-hybridized carbons (Fsp3) is 0.455. The Kier molecular flexibility index (Phi) is 2.54. The SMILES string of the molecule is COc1ccc2c(c1OC)C[C@@H](N)[C@H]2O. The van der Waals surface area contributed by atoms with Crippen LogP contribution in [0.5, 0.6) is 11.5 Å². The molecule has 15 heavy (non-hydrogen) atoms. The van der Waals surface area contributed by atoms with Gasteiger partial charge in [0, 0.05) is 11.6 Å². The molecule has 0 saturated carbocycles. The van der Waals surface area contributed by atoms with Gasteiger partial charge in [-0.05, 0) is 18.1 Å². The molecule has 1 aromatic carbocycles. The molecule has 1 aliphatic rings. The first-order valence-corrected chi connectivity index (χ1v) is 4.86. The quantitative estimate of drug-likeness (QED) is 0.749. The summed E-state index contributed by atoms with van der Waals surface area (Å²) in [6, 6.07) is 3.38. The van der Waals surface area contributed by atoms with Crippen molar-refractivity contribution in [3.05, 3.63) is 23.3 Å². The molecule has 0 bridgehead atoms. The lowest BCUT2D eigenvalue weighted by atomic mass is 10.1. The number of benzene rings is 1. The largest absolute Gasteiger partial charge is 0.493 e. The second-order valence-electron chi connectivity index (χ2n) is 3.68. The van der Waals surface area contributed by atoms with E-state index in [4.69, 9.17) is 15.2 Å². The molecule has 3 N–H and O–H groups in total. The number of ether oxygens (including phenoxy) is 2. The van der Waals surface area contributed by atoms with E-state index in [1.807, 2.05) is 6.07 Å². The summed E-state index contributed by atoms with van der Waals surface area (Å²) in [4.78, 5) is 0. The van der Waals surface area contributed by atoms with Crippen molar-refractivity contribution >= 4 is 0 Å². The molecule has 82 valence electrons. The van der Waals surface area contributed by atoms with Crippen LogP contribution in [0.25, 0.3) is 0 Å². The van der Waals surface area contributed by atoms with Gasteiger partial charge in [0.25, 0.3) is 0 Å². The third kappa shape index (κ3) is 1.46. The molecule has 0 aliphatic heterocycles. The Balaban J connectivity index is 2.54. The van der Waals surface area contributed by atoms with E-state index in [1.165, 1.54) is 0 Å². The van der Waals surface area contributed by atoms with Crippen molar-refractivity contribution in [1.29, 1.82) is 0 Å². The molecule has 2 rings (SSSR count). The van der Waals surface area contributed by atoms with Gasteiger partial charge in [-0.1, -0.05) is 6.07 Å². The Labute approximate surface area is 88.6 Å². The second-order valence-corrected chi connectivity index (χ2v) is 3.68. The van der Waals surface area contributed by atoms with Crippen LogP contribution in [0, 0.1) is 0 Å². The second kappa shape index (κ2) is 3.72. The number of rotatable bonds is 2. The third-order valence-electron chi connectivity index (χ3n) is 2.85. The summed E-state index contributed by atoms with van der Waals surface area (Å²) in [6.45, 7) is 0. The van der Waals surface area contributed by atoms with Crippen LogP contribution in [0.3, 0.4) is 0 Å². The number of aliphatic hydroxyl groups is 1.